The minimum atomic E-state index is -0.759. The number of benzene rings is 2. The fourth-order valence-corrected chi connectivity index (χ4v) is 1.74. The molecule has 0 atom stereocenters. The van der Waals surface area contributed by atoms with Crippen LogP contribution in [0, 0.1) is 11.6 Å². The van der Waals surface area contributed by atoms with E-state index in [2.05, 4.69) is 0 Å². The van der Waals surface area contributed by atoms with Crippen molar-refractivity contribution in [2.45, 2.75) is 0 Å². The average Bonchev–Trinajstić information content (AvgIpc) is 2.29. The lowest BCUT2D eigenvalue weighted by atomic mass is 10.0. The third-order valence-corrected chi connectivity index (χ3v) is 2.62. The maximum absolute atomic E-state index is 13.5. The SMILES string of the molecule is O=C(c1ccccc1F)c1c(F)cccc1Cl. The molecule has 2 rings (SSSR count). The van der Waals surface area contributed by atoms with Crippen LogP contribution < -0.4 is 0 Å². The van der Waals surface area contributed by atoms with Crippen molar-refractivity contribution in [3.8, 4) is 0 Å². The van der Waals surface area contributed by atoms with Crippen LogP contribution in [-0.2, 0) is 0 Å². The second-order valence-corrected chi connectivity index (χ2v) is 3.81. The number of hydrogen-bond acceptors (Lipinski definition) is 1. The van der Waals surface area contributed by atoms with Crippen molar-refractivity contribution in [2.24, 2.45) is 0 Å². The first kappa shape index (κ1) is 11.7. The average molecular weight is 253 g/mol. The van der Waals surface area contributed by atoms with Gasteiger partial charge in [-0.2, -0.15) is 0 Å². The van der Waals surface area contributed by atoms with Crippen LogP contribution in [0.25, 0.3) is 0 Å². The lowest BCUT2D eigenvalue weighted by molar-refractivity contribution is 0.103. The van der Waals surface area contributed by atoms with Gasteiger partial charge in [-0.25, -0.2) is 8.78 Å². The molecule has 0 amide bonds. The van der Waals surface area contributed by atoms with Gasteiger partial charge in [0, 0.05) is 0 Å². The summed E-state index contributed by atoms with van der Waals surface area (Å²) in [7, 11) is 0. The molecule has 0 heterocycles. The Hall–Kier alpha value is -1.74. The van der Waals surface area contributed by atoms with Crippen molar-refractivity contribution in [1.29, 1.82) is 0 Å². The van der Waals surface area contributed by atoms with Crippen molar-refractivity contribution in [3.63, 3.8) is 0 Å². The molecule has 0 aromatic heterocycles. The van der Waals surface area contributed by atoms with E-state index in [4.69, 9.17) is 11.6 Å². The van der Waals surface area contributed by atoms with Crippen molar-refractivity contribution < 1.29 is 13.6 Å². The molecular formula is C13H7ClF2O. The maximum atomic E-state index is 13.5. The molecule has 0 aliphatic heterocycles. The highest BCUT2D eigenvalue weighted by Gasteiger charge is 2.19. The Bertz CT molecular complexity index is 561. The predicted octanol–water partition coefficient (Wildman–Crippen LogP) is 3.85. The minimum absolute atomic E-state index is 0.0294. The maximum Gasteiger partial charge on any atom is 0.200 e. The topological polar surface area (TPSA) is 17.1 Å². The molecule has 1 nitrogen and oxygen atoms in total. The third kappa shape index (κ3) is 2.19. The fourth-order valence-electron chi connectivity index (χ4n) is 1.49. The van der Waals surface area contributed by atoms with Gasteiger partial charge in [0.05, 0.1) is 16.1 Å². The summed E-state index contributed by atoms with van der Waals surface area (Å²) in [4.78, 5) is 11.9. The molecule has 0 saturated carbocycles. The number of halogens is 3. The van der Waals surface area contributed by atoms with Crippen molar-refractivity contribution >= 4 is 17.4 Å². The van der Waals surface area contributed by atoms with E-state index in [0.717, 1.165) is 12.1 Å². The lowest BCUT2D eigenvalue weighted by Gasteiger charge is -2.05. The summed E-state index contributed by atoms with van der Waals surface area (Å²) in [6, 6.07) is 9.27. The number of hydrogen-bond donors (Lipinski definition) is 0. The number of ketones is 1. The van der Waals surface area contributed by atoms with Gasteiger partial charge in [-0.05, 0) is 24.3 Å². The predicted molar refractivity (Wildman–Crippen MR) is 61.2 cm³/mol. The Morgan fingerprint density at radius 3 is 2.24 bits per heavy atom. The van der Waals surface area contributed by atoms with Crippen molar-refractivity contribution in [1.82, 2.24) is 0 Å². The van der Waals surface area contributed by atoms with Gasteiger partial charge in [-0.3, -0.25) is 4.79 Å². The molecule has 0 aliphatic rings. The molecule has 2 aromatic rings. The Morgan fingerprint density at radius 1 is 0.941 bits per heavy atom. The molecule has 0 spiro atoms. The standard InChI is InChI=1S/C13H7ClF2O/c14-9-5-3-7-11(16)12(9)13(17)8-4-1-2-6-10(8)15/h1-7H. The van der Waals surface area contributed by atoms with Crippen LogP contribution in [0.4, 0.5) is 8.78 Å². The van der Waals surface area contributed by atoms with Gasteiger partial charge in [0.2, 0.25) is 0 Å². The van der Waals surface area contributed by atoms with E-state index in [9.17, 15) is 13.6 Å². The Labute approximate surface area is 102 Å². The molecule has 2 aromatic carbocycles. The molecule has 86 valence electrons. The Kier molecular flexibility index (Phi) is 3.20. The fraction of sp³-hybridized carbons (Fsp3) is 0. The highest BCUT2D eigenvalue weighted by molar-refractivity contribution is 6.35. The van der Waals surface area contributed by atoms with Gasteiger partial charge in [-0.1, -0.05) is 29.8 Å². The summed E-state index contributed by atoms with van der Waals surface area (Å²) in [6.07, 6.45) is 0. The van der Waals surface area contributed by atoms with Gasteiger partial charge in [0.1, 0.15) is 11.6 Å². The molecule has 0 aliphatic carbocycles. The van der Waals surface area contributed by atoms with E-state index in [1.165, 1.54) is 30.3 Å². The highest BCUT2D eigenvalue weighted by atomic mass is 35.5. The smallest absolute Gasteiger partial charge is 0.200 e. The summed E-state index contributed by atoms with van der Waals surface area (Å²) in [5.74, 6) is -2.21. The highest BCUT2D eigenvalue weighted by Crippen LogP contribution is 2.23. The summed E-state index contributed by atoms with van der Waals surface area (Å²) in [5, 5.41) is -0.0294. The molecule has 4 heteroatoms. The molecule has 0 fully saturated rings. The molecule has 17 heavy (non-hydrogen) atoms. The van der Waals surface area contributed by atoms with Crippen LogP contribution in [-0.4, -0.2) is 5.78 Å². The zero-order valence-corrected chi connectivity index (χ0v) is 9.34. The molecule has 0 radical (unpaired) electrons. The first-order chi connectivity index (χ1) is 8.11. The lowest BCUT2D eigenvalue weighted by Crippen LogP contribution is -2.07. The molecule has 0 bridgehead atoms. The normalized spacial score (nSPS) is 10.3. The first-order valence-electron chi connectivity index (χ1n) is 4.84. The van der Waals surface area contributed by atoms with Crippen LogP contribution in [0.2, 0.25) is 5.02 Å². The zero-order valence-electron chi connectivity index (χ0n) is 8.58. The molecule has 0 unspecified atom stereocenters. The minimum Gasteiger partial charge on any atom is -0.288 e. The zero-order chi connectivity index (χ0) is 12.4. The van der Waals surface area contributed by atoms with Crippen molar-refractivity contribution in [2.75, 3.05) is 0 Å². The van der Waals surface area contributed by atoms with Crippen molar-refractivity contribution in [3.05, 3.63) is 70.2 Å². The van der Waals surface area contributed by atoms with E-state index in [0.29, 0.717) is 0 Å². The monoisotopic (exact) mass is 252 g/mol. The number of rotatable bonds is 2. The van der Waals surface area contributed by atoms with Gasteiger partial charge in [-0.15, -0.1) is 0 Å². The van der Waals surface area contributed by atoms with Gasteiger partial charge in [0.15, 0.2) is 5.78 Å². The molecular weight excluding hydrogens is 246 g/mol. The first-order valence-corrected chi connectivity index (χ1v) is 5.22. The Morgan fingerprint density at radius 2 is 1.59 bits per heavy atom. The van der Waals surface area contributed by atoms with E-state index in [1.54, 1.807) is 0 Å². The van der Waals surface area contributed by atoms with Crippen LogP contribution in [0.1, 0.15) is 15.9 Å². The van der Waals surface area contributed by atoms with Gasteiger partial charge in [0.25, 0.3) is 0 Å². The molecule has 0 saturated heterocycles. The largest absolute Gasteiger partial charge is 0.288 e. The Balaban J connectivity index is 2.56. The van der Waals surface area contributed by atoms with Crippen LogP contribution in [0.3, 0.4) is 0 Å². The summed E-state index contributed by atoms with van der Waals surface area (Å²) < 4.78 is 26.9. The summed E-state index contributed by atoms with van der Waals surface area (Å²) in [6.45, 7) is 0. The molecule has 0 N–H and O–H groups in total. The van der Waals surface area contributed by atoms with E-state index >= 15 is 0 Å². The third-order valence-electron chi connectivity index (χ3n) is 2.31. The number of carbonyl (C=O) groups excluding carboxylic acids is 1. The second-order valence-electron chi connectivity index (χ2n) is 3.41. The van der Waals surface area contributed by atoms with E-state index in [-0.39, 0.29) is 16.1 Å². The van der Waals surface area contributed by atoms with Gasteiger partial charge < -0.3 is 0 Å². The van der Waals surface area contributed by atoms with Crippen LogP contribution in [0.15, 0.2) is 42.5 Å². The van der Waals surface area contributed by atoms with E-state index < -0.39 is 17.4 Å². The summed E-state index contributed by atoms with van der Waals surface area (Å²) in [5.41, 5.74) is -0.501. The summed E-state index contributed by atoms with van der Waals surface area (Å²) >= 11 is 5.74. The van der Waals surface area contributed by atoms with Crippen LogP contribution >= 0.6 is 11.6 Å². The quantitative estimate of drug-likeness (QED) is 0.742. The van der Waals surface area contributed by atoms with Crippen LogP contribution in [0.5, 0.6) is 0 Å². The van der Waals surface area contributed by atoms with Gasteiger partial charge >= 0.3 is 0 Å². The van der Waals surface area contributed by atoms with E-state index in [1.807, 2.05) is 0 Å². The second kappa shape index (κ2) is 4.63. The number of carbonyl (C=O) groups is 1.